The topological polar surface area (TPSA) is 68.3 Å². The van der Waals surface area contributed by atoms with E-state index in [9.17, 15) is 16.8 Å². The Labute approximate surface area is 69.9 Å². The molecule has 0 bridgehead atoms. The van der Waals surface area contributed by atoms with E-state index in [1.165, 1.54) is 0 Å². The van der Waals surface area contributed by atoms with Gasteiger partial charge in [-0.3, -0.25) is 0 Å². The molecule has 4 nitrogen and oxygen atoms in total. The summed E-state index contributed by atoms with van der Waals surface area (Å²) in [5.74, 6) is -0.603. The molecule has 0 atom stereocenters. The second-order valence-electron chi connectivity index (χ2n) is 2.65. The molecule has 1 aliphatic rings. The van der Waals surface area contributed by atoms with E-state index >= 15 is 0 Å². The minimum atomic E-state index is -3.53. The summed E-state index contributed by atoms with van der Waals surface area (Å²) >= 11 is 0. The Balaban J connectivity index is 2.48. The largest absolute Gasteiger partial charge is 0.232 e. The van der Waals surface area contributed by atoms with Crippen molar-refractivity contribution in [3.8, 4) is 0 Å². The fraction of sp³-hybridized carbons (Fsp3) is 1.00. The van der Waals surface area contributed by atoms with Gasteiger partial charge >= 0.3 is 0 Å². The molecule has 66 valence electrons. The summed E-state index contributed by atoms with van der Waals surface area (Å²) in [6.45, 7) is 0. The minimum Gasteiger partial charge on any atom is -0.229 e. The van der Waals surface area contributed by atoms with Crippen LogP contribution in [0.1, 0.15) is 0 Å². The van der Waals surface area contributed by atoms with Gasteiger partial charge in [0, 0.05) is 16.6 Å². The smallest absolute Gasteiger partial charge is 0.229 e. The molecule has 0 saturated carbocycles. The van der Waals surface area contributed by atoms with E-state index in [2.05, 4.69) is 0 Å². The van der Waals surface area contributed by atoms with Crippen LogP contribution in [0.25, 0.3) is 0 Å². The second kappa shape index (κ2) is 2.60. The third-order valence-electron chi connectivity index (χ3n) is 1.41. The molecule has 1 aliphatic heterocycles. The number of rotatable bonds is 2. The zero-order valence-corrected chi connectivity index (χ0v) is 7.92. The molecule has 0 aliphatic carbocycles. The molecule has 1 saturated heterocycles. The Kier molecular flexibility index (Phi) is 2.19. The SMILES string of the molecule is O=S(=O)(Cl)CC1CS(=O)(=O)C1. The summed E-state index contributed by atoms with van der Waals surface area (Å²) in [6, 6.07) is 0. The number of sulfone groups is 1. The fourth-order valence-corrected chi connectivity index (χ4v) is 4.25. The van der Waals surface area contributed by atoms with Crippen LogP contribution < -0.4 is 0 Å². The number of hydrogen-bond acceptors (Lipinski definition) is 4. The monoisotopic (exact) mass is 218 g/mol. The van der Waals surface area contributed by atoms with Crippen LogP contribution in [0.5, 0.6) is 0 Å². The lowest BCUT2D eigenvalue weighted by atomic mass is 10.2. The predicted octanol–water partition coefficient (Wildman–Crippen LogP) is -0.400. The van der Waals surface area contributed by atoms with E-state index in [4.69, 9.17) is 10.7 Å². The molecule has 0 spiro atoms. The fourth-order valence-electron chi connectivity index (χ4n) is 1.05. The third-order valence-corrected chi connectivity index (χ3v) is 4.62. The van der Waals surface area contributed by atoms with Crippen LogP contribution in [-0.4, -0.2) is 34.1 Å². The van der Waals surface area contributed by atoms with Gasteiger partial charge in [-0.25, -0.2) is 16.8 Å². The van der Waals surface area contributed by atoms with Crippen molar-refractivity contribution in [2.45, 2.75) is 0 Å². The van der Waals surface area contributed by atoms with Crippen LogP contribution in [0.2, 0.25) is 0 Å². The van der Waals surface area contributed by atoms with Crippen LogP contribution in [0.3, 0.4) is 0 Å². The molecule has 11 heavy (non-hydrogen) atoms. The van der Waals surface area contributed by atoms with E-state index in [-0.39, 0.29) is 23.2 Å². The summed E-state index contributed by atoms with van der Waals surface area (Å²) in [4.78, 5) is 0. The highest BCUT2D eigenvalue weighted by Crippen LogP contribution is 2.20. The van der Waals surface area contributed by atoms with E-state index in [0.717, 1.165) is 0 Å². The van der Waals surface area contributed by atoms with Gasteiger partial charge in [0.05, 0.1) is 17.3 Å². The zero-order valence-electron chi connectivity index (χ0n) is 5.53. The molecule has 7 heteroatoms. The van der Waals surface area contributed by atoms with Gasteiger partial charge in [-0.15, -0.1) is 0 Å². The molecule has 0 aromatic rings. The van der Waals surface area contributed by atoms with E-state index < -0.39 is 18.9 Å². The summed E-state index contributed by atoms with van der Waals surface area (Å²) in [7, 11) is -1.54. The molecule has 0 amide bonds. The summed E-state index contributed by atoms with van der Waals surface area (Å²) in [5, 5.41) is 0. The Morgan fingerprint density at radius 2 is 1.82 bits per heavy atom. The molecule has 1 fully saturated rings. The number of halogens is 1. The van der Waals surface area contributed by atoms with Crippen molar-refractivity contribution >= 4 is 29.6 Å². The first-order valence-electron chi connectivity index (χ1n) is 2.91. The van der Waals surface area contributed by atoms with Crippen LogP contribution >= 0.6 is 10.7 Å². The quantitative estimate of drug-likeness (QED) is 0.592. The van der Waals surface area contributed by atoms with Gasteiger partial charge in [-0.1, -0.05) is 0 Å². The van der Waals surface area contributed by atoms with Gasteiger partial charge in [-0.2, -0.15) is 0 Å². The van der Waals surface area contributed by atoms with Gasteiger partial charge in [0.15, 0.2) is 9.84 Å². The normalized spacial score (nSPS) is 24.5. The highest BCUT2D eigenvalue weighted by molar-refractivity contribution is 8.13. The van der Waals surface area contributed by atoms with Gasteiger partial charge in [0.25, 0.3) is 0 Å². The van der Waals surface area contributed by atoms with Crippen molar-refractivity contribution in [2.75, 3.05) is 17.3 Å². The van der Waals surface area contributed by atoms with E-state index in [1.54, 1.807) is 0 Å². The Bertz CT molecular complexity index is 328. The van der Waals surface area contributed by atoms with Crippen LogP contribution in [-0.2, 0) is 18.9 Å². The Hall–Kier alpha value is 0.190. The van der Waals surface area contributed by atoms with Crippen molar-refractivity contribution in [3.05, 3.63) is 0 Å². The molecule has 0 unspecified atom stereocenters. The summed E-state index contributed by atoms with van der Waals surface area (Å²) in [5.41, 5.74) is 0. The zero-order chi connectivity index (χ0) is 8.70. The molecular formula is C4H7ClO4S2. The maximum absolute atomic E-state index is 10.5. The lowest BCUT2D eigenvalue weighted by Gasteiger charge is -2.23. The van der Waals surface area contributed by atoms with Crippen molar-refractivity contribution in [2.24, 2.45) is 5.92 Å². The maximum Gasteiger partial charge on any atom is 0.232 e. The second-order valence-corrected chi connectivity index (χ2v) is 7.62. The number of hydrogen-bond donors (Lipinski definition) is 0. The van der Waals surface area contributed by atoms with Crippen molar-refractivity contribution in [1.29, 1.82) is 0 Å². The molecule has 1 rings (SSSR count). The molecular weight excluding hydrogens is 212 g/mol. The van der Waals surface area contributed by atoms with Crippen molar-refractivity contribution in [3.63, 3.8) is 0 Å². The van der Waals surface area contributed by atoms with Gasteiger partial charge in [-0.05, 0) is 0 Å². The first kappa shape index (κ1) is 9.28. The predicted molar refractivity (Wildman–Crippen MR) is 41.8 cm³/mol. The molecule has 1 heterocycles. The van der Waals surface area contributed by atoms with Gasteiger partial charge in [0.2, 0.25) is 9.05 Å². The molecule has 0 radical (unpaired) electrons. The van der Waals surface area contributed by atoms with Crippen molar-refractivity contribution < 1.29 is 16.8 Å². The highest BCUT2D eigenvalue weighted by atomic mass is 35.7. The summed E-state index contributed by atoms with van der Waals surface area (Å²) in [6.07, 6.45) is 0. The molecule has 0 aromatic carbocycles. The standard InChI is InChI=1S/C4H7ClO4S2/c5-11(8,9)3-4-1-10(6,7)2-4/h4H,1-3H2. The van der Waals surface area contributed by atoms with Crippen molar-refractivity contribution in [1.82, 2.24) is 0 Å². The Morgan fingerprint density at radius 3 is 2.09 bits per heavy atom. The first-order valence-corrected chi connectivity index (χ1v) is 7.21. The lowest BCUT2D eigenvalue weighted by Crippen LogP contribution is -2.39. The van der Waals surface area contributed by atoms with Crippen LogP contribution in [0.4, 0.5) is 0 Å². The van der Waals surface area contributed by atoms with Crippen LogP contribution in [0, 0.1) is 5.92 Å². The van der Waals surface area contributed by atoms with Gasteiger partial charge in [0.1, 0.15) is 0 Å². The maximum atomic E-state index is 10.5. The molecule has 0 aromatic heterocycles. The van der Waals surface area contributed by atoms with Gasteiger partial charge < -0.3 is 0 Å². The first-order chi connectivity index (χ1) is 4.79. The average Bonchev–Trinajstić information content (AvgIpc) is 1.53. The average molecular weight is 219 g/mol. The minimum absolute atomic E-state index is 0.0427. The van der Waals surface area contributed by atoms with Crippen LogP contribution in [0.15, 0.2) is 0 Å². The van der Waals surface area contributed by atoms with E-state index in [1.807, 2.05) is 0 Å². The Morgan fingerprint density at radius 1 is 1.36 bits per heavy atom. The third kappa shape index (κ3) is 2.96. The molecule has 0 N–H and O–H groups in total. The lowest BCUT2D eigenvalue weighted by molar-refractivity contribution is 0.537. The van der Waals surface area contributed by atoms with E-state index in [0.29, 0.717) is 0 Å². The summed E-state index contributed by atoms with van der Waals surface area (Å²) < 4.78 is 41.9. The highest BCUT2D eigenvalue weighted by Gasteiger charge is 2.35.